The number of rotatable bonds is 5. The van der Waals surface area contributed by atoms with E-state index in [1.807, 2.05) is 0 Å². The summed E-state index contributed by atoms with van der Waals surface area (Å²) < 4.78 is 18.7. The first-order valence-electron chi connectivity index (χ1n) is 8.12. The van der Waals surface area contributed by atoms with E-state index in [4.69, 9.17) is 10.2 Å². The van der Waals surface area contributed by atoms with Crippen LogP contribution in [0.1, 0.15) is 16.2 Å². The van der Waals surface area contributed by atoms with Gasteiger partial charge in [0.25, 0.3) is 5.91 Å². The van der Waals surface area contributed by atoms with Gasteiger partial charge < -0.3 is 25.3 Å². The zero-order valence-corrected chi connectivity index (χ0v) is 14.0. The van der Waals surface area contributed by atoms with E-state index in [-0.39, 0.29) is 11.9 Å². The normalized spacial score (nSPS) is 15.4. The summed E-state index contributed by atoms with van der Waals surface area (Å²) in [6.07, 6.45) is 0.356. The third-order valence-corrected chi connectivity index (χ3v) is 4.15. The third-order valence-electron chi connectivity index (χ3n) is 4.15. The average Bonchev–Trinajstić information content (AvgIpc) is 3.01. The standard InChI is InChI=1S/C16H21FN6O2/c1-22-6-8-23(9-7-22)13-3-2-11(17)10-12(13)15(24)19-5-4-14-20-21-16(18)25-14/h2-3,10H,4-9H2,1H3,(H2,18,21)(H,19,24). The van der Waals surface area contributed by atoms with Gasteiger partial charge in [-0.3, -0.25) is 4.79 Å². The van der Waals surface area contributed by atoms with Crippen molar-refractivity contribution < 1.29 is 13.6 Å². The first-order valence-corrected chi connectivity index (χ1v) is 8.12. The fourth-order valence-corrected chi connectivity index (χ4v) is 2.76. The highest BCUT2D eigenvalue weighted by molar-refractivity contribution is 5.99. The van der Waals surface area contributed by atoms with Gasteiger partial charge in [-0.25, -0.2) is 4.39 Å². The Balaban J connectivity index is 1.67. The number of carbonyl (C=O) groups excluding carboxylic acids is 1. The quantitative estimate of drug-likeness (QED) is 0.812. The molecule has 0 unspecified atom stereocenters. The molecule has 0 saturated carbocycles. The molecule has 1 fully saturated rings. The maximum atomic E-state index is 13.7. The van der Waals surface area contributed by atoms with Gasteiger partial charge >= 0.3 is 6.01 Å². The van der Waals surface area contributed by atoms with Crippen LogP contribution in [0.3, 0.4) is 0 Å². The van der Waals surface area contributed by atoms with Crippen LogP contribution in [-0.2, 0) is 6.42 Å². The molecule has 1 aliphatic heterocycles. The zero-order chi connectivity index (χ0) is 17.8. The molecule has 8 nitrogen and oxygen atoms in total. The van der Waals surface area contributed by atoms with Gasteiger partial charge in [-0.1, -0.05) is 5.10 Å². The minimum atomic E-state index is -0.437. The van der Waals surface area contributed by atoms with Crippen molar-refractivity contribution in [3.8, 4) is 0 Å². The third kappa shape index (κ3) is 4.24. The molecule has 0 aliphatic carbocycles. The van der Waals surface area contributed by atoms with E-state index in [1.165, 1.54) is 12.1 Å². The molecule has 2 heterocycles. The highest BCUT2D eigenvalue weighted by Crippen LogP contribution is 2.23. The van der Waals surface area contributed by atoms with E-state index < -0.39 is 5.82 Å². The number of halogens is 1. The number of nitrogens with zero attached hydrogens (tertiary/aromatic N) is 4. The van der Waals surface area contributed by atoms with E-state index in [9.17, 15) is 9.18 Å². The summed E-state index contributed by atoms with van der Waals surface area (Å²) in [5.41, 5.74) is 6.42. The highest BCUT2D eigenvalue weighted by Gasteiger charge is 2.20. The molecule has 0 bridgehead atoms. The second-order valence-electron chi connectivity index (χ2n) is 5.99. The zero-order valence-electron chi connectivity index (χ0n) is 14.0. The number of nitrogen functional groups attached to an aromatic ring is 1. The number of likely N-dealkylation sites (N-methyl/N-ethyl adjacent to an activating group) is 1. The van der Waals surface area contributed by atoms with Crippen molar-refractivity contribution in [2.75, 3.05) is 50.4 Å². The molecule has 0 atom stereocenters. The van der Waals surface area contributed by atoms with Gasteiger partial charge in [0.2, 0.25) is 5.89 Å². The van der Waals surface area contributed by atoms with Gasteiger partial charge in [-0.05, 0) is 25.2 Å². The van der Waals surface area contributed by atoms with Crippen LogP contribution in [0.4, 0.5) is 16.1 Å². The largest absolute Gasteiger partial charge is 0.408 e. The molecule has 2 aromatic rings. The van der Waals surface area contributed by atoms with Crippen LogP contribution < -0.4 is 16.0 Å². The number of nitrogens with one attached hydrogen (secondary N) is 1. The Bertz CT molecular complexity index is 742. The highest BCUT2D eigenvalue weighted by atomic mass is 19.1. The number of amides is 1. The monoisotopic (exact) mass is 348 g/mol. The Labute approximate surface area is 144 Å². The van der Waals surface area contributed by atoms with Crippen LogP contribution in [-0.4, -0.2) is 60.8 Å². The van der Waals surface area contributed by atoms with E-state index in [2.05, 4.69) is 32.4 Å². The van der Waals surface area contributed by atoms with Gasteiger partial charge in [-0.15, -0.1) is 5.10 Å². The molecule has 3 N–H and O–H groups in total. The average molecular weight is 348 g/mol. The number of aromatic nitrogens is 2. The van der Waals surface area contributed by atoms with Crippen molar-refractivity contribution in [3.63, 3.8) is 0 Å². The predicted octanol–water partition coefficient (Wildman–Crippen LogP) is 0.515. The smallest absolute Gasteiger partial charge is 0.312 e. The van der Waals surface area contributed by atoms with E-state index in [0.29, 0.717) is 24.4 Å². The molecule has 25 heavy (non-hydrogen) atoms. The lowest BCUT2D eigenvalue weighted by Gasteiger charge is -2.35. The maximum Gasteiger partial charge on any atom is 0.312 e. The molecule has 0 spiro atoms. The van der Waals surface area contributed by atoms with Crippen LogP contribution in [0.25, 0.3) is 0 Å². The number of piperazine rings is 1. The van der Waals surface area contributed by atoms with E-state index in [0.717, 1.165) is 31.9 Å². The van der Waals surface area contributed by atoms with Crippen molar-refractivity contribution in [2.45, 2.75) is 6.42 Å². The van der Waals surface area contributed by atoms with Crippen LogP contribution in [0.2, 0.25) is 0 Å². The van der Waals surface area contributed by atoms with E-state index >= 15 is 0 Å². The number of hydrogen-bond donors (Lipinski definition) is 2. The van der Waals surface area contributed by atoms with Gasteiger partial charge in [0.1, 0.15) is 5.82 Å². The minimum Gasteiger partial charge on any atom is -0.408 e. The summed E-state index contributed by atoms with van der Waals surface area (Å²) in [6.45, 7) is 3.68. The molecule has 1 amide bonds. The minimum absolute atomic E-state index is 0.0104. The second kappa shape index (κ2) is 7.47. The van der Waals surface area contributed by atoms with Crippen LogP contribution >= 0.6 is 0 Å². The topological polar surface area (TPSA) is 101 Å². The molecule has 1 aromatic heterocycles. The molecule has 9 heteroatoms. The summed E-state index contributed by atoms with van der Waals surface area (Å²) in [6, 6.07) is 4.30. The molecule has 1 saturated heterocycles. The molecule has 134 valence electrons. The van der Waals surface area contributed by atoms with E-state index in [1.54, 1.807) is 6.07 Å². The Morgan fingerprint density at radius 2 is 2.08 bits per heavy atom. The Morgan fingerprint density at radius 1 is 1.32 bits per heavy atom. The summed E-state index contributed by atoms with van der Waals surface area (Å²) in [4.78, 5) is 16.8. The Kier molecular flexibility index (Phi) is 5.13. The Morgan fingerprint density at radius 3 is 2.76 bits per heavy atom. The summed E-state index contributed by atoms with van der Waals surface area (Å²) >= 11 is 0. The lowest BCUT2D eigenvalue weighted by molar-refractivity contribution is 0.0953. The van der Waals surface area contributed by atoms with Crippen molar-refractivity contribution in [1.82, 2.24) is 20.4 Å². The van der Waals surface area contributed by atoms with Crippen LogP contribution in [0.5, 0.6) is 0 Å². The maximum absolute atomic E-state index is 13.7. The number of carbonyl (C=O) groups is 1. The van der Waals surface area contributed by atoms with Gasteiger partial charge in [0.15, 0.2) is 0 Å². The number of hydrogen-bond acceptors (Lipinski definition) is 7. The van der Waals surface area contributed by atoms with Gasteiger partial charge in [-0.2, -0.15) is 0 Å². The number of benzene rings is 1. The lowest BCUT2D eigenvalue weighted by atomic mass is 10.1. The second-order valence-corrected chi connectivity index (χ2v) is 5.99. The molecule has 3 rings (SSSR count). The van der Waals surface area contributed by atoms with Crippen molar-refractivity contribution in [1.29, 1.82) is 0 Å². The fourth-order valence-electron chi connectivity index (χ4n) is 2.76. The van der Waals surface area contributed by atoms with Crippen LogP contribution in [0.15, 0.2) is 22.6 Å². The summed E-state index contributed by atoms with van der Waals surface area (Å²) in [5.74, 6) is -0.426. The fraction of sp³-hybridized carbons (Fsp3) is 0.438. The Hall–Kier alpha value is -2.68. The van der Waals surface area contributed by atoms with Crippen molar-refractivity contribution in [3.05, 3.63) is 35.5 Å². The van der Waals surface area contributed by atoms with Crippen molar-refractivity contribution >= 4 is 17.6 Å². The number of nitrogens with two attached hydrogens (primary N) is 1. The lowest BCUT2D eigenvalue weighted by Crippen LogP contribution is -2.45. The van der Waals surface area contributed by atoms with Crippen LogP contribution in [0, 0.1) is 5.82 Å². The number of anilines is 2. The van der Waals surface area contributed by atoms with Crippen molar-refractivity contribution in [2.24, 2.45) is 0 Å². The first kappa shape index (κ1) is 17.2. The van der Waals surface area contributed by atoms with Gasteiger partial charge in [0.05, 0.1) is 5.56 Å². The molecule has 1 aliphatic rings. The molecule has 1 aromatic carbocycles. The molecular weight excluding hydrogens is 327 g/mol. The van der Waals surface area contributed by atoms with Gasteiger partial charge in [0, 0.05) is 44.8 Å². The molecule has 0 radical (unpaired) electrons. The predicted molar refractivity (Wildman–Crippen MR) is 90.9 cm³/mol. The SMILES string of the molecule is CN1CCN(c2ccc(F)cc2C(=O)NCCc2nnc(N)o2)CC1. The summed E-state index contributed by atoms with van der Waals surface area (Å²) in [5, 5.41) is 10.0. The molecular formula is C16H21FN6O2. The first-order chi connectivity index (χ1) is 12.0. The summed E-state index contributed by atoms with van der Waals surface area (Å²) in [7, 11) is 2.06.